The van der Waals surface area contributed by atoms with Crippen molar-refractivity contribution in [3.8, 4) is 11.8 Å². The van der Waals surface area contributed by atoms with Gasteiger partial charge in [-0.3, -0.25) is 19.3 Å². The topological polar surface area (TPSA) is 120 Å². The Morgan fingerprint density at radius 2 is 2.15 bits per heavy atom. The van der Waals surface area contributed by atoms with Gasteiger partial charge in [0, 0.05) is 25.2 Å². The summed E-state index contributed by atoms with van der Waals surface area (Å²) in [5, 5.41) is 9.39. The van der Waals surface area contributed by atoms with Gasteiger partial charge in [-0.05, 0) is 61.3 Å². The van der Waals surface area contributed by atoms with Crippen LogP contribution in [0.1, 0.15) is 42.9 Å². The minimum absolute atomic E-state index is 0.0398. The van der Waals surface area contributed by atoms with Gasteiger partial charge in [-0.1, -0.05) is 6.07 Å². The Labute approximate surface area is 192 Å². The molecule has 6 rings (SSSR count). The van der Waals surface area contributed by atoms with Crippen LogP contribution in [0.15, 0.2) is 18.2 Å². The number of hydrogen-bond donors (Lipinski definition) is 1. The molecule has 0 spiro atoms. The molecule has 2 aliphatic carbocycles. The fourth-order valence-corrected chi connectivity index (χ4v) is 6.70. The number of amides is 2. The van der Waals surface area contributed by atoms with E-state index >= 15 is 0 Å². The van der Waals surface area contributed by atoms with Gasteiger partial charge in [0.05, 0.1) is 24.2 Å². The van der Waals surface area contributed by atoms with E-state index in [-0.39, 0.29) is 42.0 Å². The first kappa shape index (κ1) is 20.6. The quantitative estimate of drug-likeness (QED) is 0.622. The van der Waals surface area contributed by atoms with E-state index < -0.39 is 6.04 Å². The maximum atomic E-state index is 13.3. The molecule has 1 saturated carbocycles. The molecule has 1 unspecified atom stereocenters. The van der Waals surface area contributed by atoms with Crippen LogP contribution in [0.2, 0.25) is 0 Å². The summed E-state index contributed by atoms with van der Waals surface area (Å²) in [6.07, 6.45) is 4.20. The fraction of sp³-hybridized carbons (Fsp3) is 0.583. The molecule has 2 N–H and O–H groups in total. The summed E-state index contributed by atoms with van der Waals surface area (Å²) in [7, 11) is 0. The summed E-state index contributed by atoms with van der Waals surface area (Å²) < 4.78 is 4.96. The maximum Gasteiger partial charge on any atom is 0.298 e. The highest BCUT2D eigenvalue weighted by Crippen LogP contribution is 2.48. The minimum atomic E-state index is -0.718. The summed E-state index contributed by atoms with van der Waals surface area (Å²) >= 11 is 0. The number of rotatable bonds is 6. The molecule has 3 heterocycles. The number of nitrogens with zero attached hydrogens (tertiary/aromatic N) is 4. The van der Waals surface area contributed by atoms with Crippen molar-refractivity contribution < 1.29 is 19.1 Å². The number of fused-ring (bicyclic) bond motifs is 4. The predicted molar refractivity (Wildman–Crippen MR) is 116 cm³/mol. The van der Waals surface area contributed by atoms with Gasteiger partial charge in [0.1, 0.15) is 11.8 Å². The number of piperidine rings is 1. The van der Waals surface area contributed by atoms with Gasteiger partial charge >= 0.3 is 0 Å². The number of carbonyl (C=O) groups is 3. The molecule has 3 saturated heterocycles. The van der Waals surface area contributed by atoms with Crippen molar-refractivity contribution in [2.75, 3.05) is 13.1 Å². The van der Waals surface area contributed by atoms with Crippen LogP contribution in [-0.4, -0.2) is 76.3 Å². The van der Waals surface area contributed by atoms with Crippen LogP contribution >= 0.6 is 0 Å². The van der Waals surface area contributed by atoms with Crippen LogP contribution in [-0.2, 0) is 20.8 Å². The van der Waals surface area contributed by atoms with Gasteiger partial charge < -0.3 is 20.3 Å². The number of nitriles is 1. The van der Waals surface area contributed by atoms with Crippen LogP contribution in [0.4, 0.5) is 0 Å². The smallest absolute Gasteiger partial charge is 0.298 e. The summed E-state index contributed by atoms with van der Waals surface area (Å²) in [5.41, 5.74) is 8.56. The zero-order valence-corrected chi connectivity index (χ0v) is 18.3. The molecule has 0 aromatic heterocycles. The highest BCUT2D eigenvalue weighted by atomic mass is 16.5. The zero-order valence-electron chi connectivity index (χ0n) is 18.3. The Hall–Kier alpha value is -2.96. The van der Waals surface area contributed by atoms with E-state index in [2.05, 4.69) is 11.0 Å². The van der Waals surface area contributed by atoms with Crippen molar-refractivity contribution >= 4 is 18.3 Å². The molecule has 1 aromatic rings. The second-order valence-electron chi connectivity index (χ2n) is 10.0. The molecule has 9 nitrogen and oxygen atoms in total. The lowest BCUT2D eigenvalue weighted by Gasteiger charge is -2.38. The van der Waals surface area contributed by atoms with Crippen molar-refractivity contribution in [3.05, 3.63) is 29.3 Å². The van der Waals surface area contributed by atoms with Crippen LogP contribution in [0.25, 0.3) is 0 Å². The van der Waals surface area contributed by atoms with Gasteiger partial charge in [0.25, 0.3) is 6.47 Å². The summed E-state index contributed by atoms with van der Waals surface area (Å²) in [4.78, 5) is 42.8. The molecule has 0 radical (unpaired) electrons. The Morgan fingerprint density at radius 3 is 2.91 bits per heavy atom. The molecule has 5 aliphatic rings. The molecular weight excluding hydrogens is 422 g/mol. The van der Waals surface area contributed by atoms with Crippen molar-refractivity contribution in [2.45, 2.75) is 68.4 Å². The van der Waals surface area contributed by atoms with Gasteiger partial charge in [0.2, 0.25) is 11.8 Å². The number of benzene rings is 1. The van der Waals surface area contributed by atoms with Crippen LogP contribution in [0, 0.1) is 17.2 Å². The third-order valence-electron chi connectivity index (χ3n) is 8.25. The Kier molecular flexibility index (Phi) is 4.71. The highest BCUT2D eigenvalue weighted by molar-refractivity contribution is 5.87. The van der Waals surface area contributed by atoms with Crippen LogP contribution in [0.3, 0.4) is 0 Å². The normalized spacial score (nSPS) is 34.7. The second kappa shape index (κ2) is 7.54. The largest absolute Gasteiger partial charge is 0.429 e. The SMILES string of the molecule is N#C[C@@H]1CC2C[C@@H]2N1C(=O)[C@@H](N)CN1C[C@@H]2C[C@H]1C(=O)N2[C@H]1CCc2cc(OC=O)ccc21. The minimum Gasteiger partial charge on any atom is -0.429 e. The lowest BCUT2D eigenvalue weighted by molar-refractivity contribution is -0.141. The number of piperazine rings is 1. The van der Waals surface area contributed by atoms with E-state index in [1.165, 1.54) is 0 Å². The molecule has 7 atom stereocenters. The third-order valence-corrected chi connectivity index (χ3v) is 8.25. The first-order chi connectivity index (χ1) is 16.0. The average molecular weight is 450 g/mol. The number of ether oxygens (including phenoxy) is 1. The number of likely N-dealkylation sites (tertiary alicyclic amines) is 3. The van der Waals surface area contributed by atoms with Gasteiger partial charge in [-0.2, -0.15) is 5.26 Å². The summed E-state index contributed by atoms with van der Waals surface area (Å²) in [6.45, 7) is 1.48. The molecular formula is C24H27N5O4. The van der Waals surface area contributed by atoms with Crippen LogP contribution < -0.4 is 10.5 Å². The number of aryl methyl sites for hydroxylation is 1. The molecule has 33 heavy (non-hydrogen) atoms. The summed E-state index contributed by atoms with van der Waals surface area (Å²) in [6, 6.07) is 6.88. The van der Waals surface area contributed by atoms with Gasteiger partial charge in [-0.25, -0.2) is 0 Å². The molecule has 3 aliphatic heterocycles. The summed E-state index contributed by atoms with van der Waals surface area (Å²) in [5.74, 6) is 0.934. The van der Waals surface area contributed by atoms with Gasteiger partial charge in [0.15, 0.2) is 0 Å². The van der Waals surface area contributed by atoms with E-state index in [4.69, 9.17) is 10.5 Å². The fourth-order valence-electron chi connectivity index (χ4n) is 6.70. The Bertz CT molecular complexity index is 1070. The van der Waals surface area contributed by atoms with Crippen molar-refractivity contribution in [2.24, 2.45) is 11.7 Å². The van der Waals surface area contributed by atoms with Crippen molar-refractivity contribution in [1.29, 1.82) is 5.26 Å². The Morgan fingerprint density at radius 1 is 1.30 bits per heavy atom. The molecule has 172 valence electrons. The number of carbonyl (C=O) groups excluding carboxylic acids is 3. The number of nitrogens with two attached hydrogens (primary N) is 1. The predicted octanol–water partition coefficient (Wildman–Crippen LogP) is 0.334. The van der Waals surface area contributed by atoms with E-state index in [1.54, 1.807) is 11.0 Å². The van der Waals surface area contributed by atoms with Crippen molar-refractivity contribution in [1.82, 2.24) is 14.7 Å². The molecule has 1 aromatic carbocycles. The average Bonchev–Trinajstić information content (AvgIpc) is 3.15. The lowest BCUT2D eigenvalue weighted by Crippen LogP contribution is -2.57. The monoisotopic (exact) mass is 449 g/mol. The van der Waals surface area contributed by atoms with Crippen LogP contribution in [0.5, 0.6) is 5.75 Å². The number of hydrogen-bond acceptors (Lipinski definition) is 7. The second-order valence-corrected chi connectivity index (χ2v) is 10.0. The first-order valence-electron chi connectivity index (χ1n) is 11.8. The lowest BCUT2D eigenvalue weighted by atomic mass is 10.0. The zero-order chi connectivity index (χ0) is 22.9. The van der Waals surface area contributed by atoms with E-state index in [1.807, 2.05) is 17.0 Å². The first-order valence-corrected chi connectivity index (χ1v) is 11.8. The van der Waals surface area contributed by atoms with Crippen molar-refractivity contribution in [3.63, 3.8) is 0 Å². The highest BCUT2D eigenvalue weighted by Gasteiger charge is 2.56. The molecule has 4 fully saturated rings. The van der Waals surface area contributed by atoms with E-state index in [0.717, 1.165) is 43.2 Å². The molecule has 2 amide bonds. The van der Waals surface area contributed by atoms with Gasteiger partial charge in [-0.15, -0.1) is 0 Å². The standard InChI is InChI=1S/C24H27N5O4/c25-9-15-5-14-7-21(14)28(15)23(31)19(26)11-27-10-16-8-22(27)24(32)29(16)20-4-1-13-6-17(33-12-30)2-3-18(13)20/h2-3,6,12,14-16,19-22H,1,4-5,7-8,10-11,26H2/t14?,15-,16-,19-,20-,21-,22-/m0/s1. The Balaban J connectivity index is 1.12. The third kappa shape index (κ3) is 3.15. The van der Waals surface area contributed by atoms with E-state index in [9.17, 15) is 19.6 Å². The molecule has 2 bridgehead atoms. The van der Waals surface area contributed by atoms with E-state index in [0.29, 0.717) is 31.2 Å². The maximum absolute atomic E-state index is 13.3. The molecule has 9 heteroatoms.